The number of esters is 1. The Labute approximate surface area is 249 Å². The third kappa shape index (κ3) is 5.45. The summed E-state index contributed by atoms with van der Waals surface area (Å²) in [6.07, 6.45) is 1.65. The summed E-state index contributed by atoms with van der Waals surface area (Å²) in [5, 5.41) is 0.853. The lowest BCUT2D eigenvalue weighted by molar-refractivity contribution is -0.139. The van der Waals surface area contributed by atoms with Gasteiger partial charge in [0.1, 0.15) is 17.6 Å². The van der Waals surface area contributed by atoms with Crippen LogP contribution in [-0.4, -0.2) is 30.9 Å². The minimum Gasteiger partial charge on any atom is -0.493 e. The SMILES string of the molecule is CCOC(=O)C1=C(C)N=c2sc(=Cc3ccc(-c4ccc(Cl)c(Cl)c4)o3)c(=O)n2[C@@H]1c1cccc(OC)c1OCC. The quantitative estimate of drug-likeness (QED) is 0.234. The number of carbonyl (C=O) groups excluding carboxylic acids is 1. The van der Waals surface area contributed by atoms with E-state index in [4.69, 9.17) is 41.8 Å². The predicted molar refractivity (Wildman–Crippen MR) is 159 cm³/mol. The molecule has 0 amide bonds. The van der Waals surface area contributed by atoms with Gasteiger partial charge in [-0.25, -0.2) is 9.79 Å². The molecule has 3 heterocycles. The molecule has 0 saturated heterocycles. The zero-order valence-corrected chi connectivity index (χ0v) is 25.0. The minimum absolute atomic E-state index is 0.169. The van der Waals surface area contributed by atoms with E-state index in [0.29, 0.717) is 60.3 Å². The molecule has 2 aromatic carbocycles. The summed E-state index contributed by atoms with van der Waals surface area (Å²) >= 11 is 13.4. The smallest absolute Gasteiger partial charge is 0.338 e. The van der Waals surface area contributed by atoms with Crippen molar-refractivity contribution in [1.29, 1.82) is 0 Å². The molecule has 1 aliphatic rings. The highest BCUT2D eigenvalue weighted by atomic mass is 35.5. The van der Waals surface area contributed by atoms with Crippen LogP contribution < -0.4 is 24.4 Å². The van der Waals surface area contributed by atoms with E-state index < -0.39 is 12.0 Å². The number of aromatic nitrogens is 1. The first-order chi connectivity index (χ1) is 19.8. The number of hydrogen-bond donors (Lipinski definition) is 0. The molecule has 0 N–H and O–H groups in total. The van der Waals surface area contributed by atoms with E-state index in [9.17, 15) is 9.59 Å². The molecule has 41 heavy (non-hydrogen) atoms. The molecule has 1 atom stereocenters. The van der Waals surface area contributed by atoms with Crippen LogP contribution in [0.2, 0.25) is 10.0 Å². The van der Waals surface area contributed by atoms with Crippen LogP contribution in [0.1, 0.15) is 38.1 Å². The molecule has 0 saturated carbocycles. The van der Waals surface area contributed by atoms with Crippen molar-refractivity contribution in [3.63, 3.8) is 0 Å². The highest BCUT2D eigenvalue weighted by molar-refractivity contribution is 7.07. The van der Waals surface area contributed by atoms with Crippen molar-refractivity contribution in [3.05, 3.63) is 101 Å². The van der Waals surface area contributed by atoms with Crippen molar-refractivity contribution in [3.8, 4) is 22.8 Å². The standard InChI is InChI=1S/C30H26Cl2N2O6S/c1-5-38-27-19(8-7-9-23(27)37-4)26-25(29(36)39-6-2)16(3)33-30-34(26)28(35)24(41-30)15-18-11-13-22(40-18)17-10-12-20(31)21(32)14-17/h7-15,26H,5-6H2,1-4H3/t26-/m1/s1. The van der Waals surface area contributed by atoms with Crippen LogP contribution in [0.15, 0.2) is 74.0 Å². The Morgan fingerprint density at radius 1 is 1.12 bits per heavy atom. The number of methoxy groups -OCH3 is 1. The fourth-order valence-corrected chi connectivity index (χ4v) is 5.98. The predicted octanol–water partition coefficient (Wildman–Crippen LogP) is 5.77. The molecule has 8 nitrogen and oxygen atoms in total. The molecule has 1 aliphatic heterocycles. The minimum atomic E-state index is -0.854. The normalized spacial score (nSPS) is 15.0. The third-order valence-corrected chi connectivity index (χ3v) is 8.16. The lowest BCUT2D eigenvalue weighted by Gasteiger charge is -2.26. The summed E-state index contributed by atoms with van der Waals surface area (Å²) in [4.78, 5) is 32.3. The van der Waals surface area contributed by atoms with E-state index in [1.807, 2.05) is 13.0 Å². The van der Waals surface area contributed by atoms with Gasteiger partial charge in [-0.3, -0.25) is 9.36 Å². The molecule has 0 unspecified atom stereocenters. The summed E-state index contributed by atoms with van der Waals surface area (Å²) in [6, 6.07) is 13.3. The number of thiazole rings is 1. The van der Waals surface area contributed by atoms with E-state index >= 15 is 0 Å². The Kier molecular flexibility index (Phi) is 8.40. The maximum Gasteiger partial charge on any atom is 0.338 e. The fourth-order valence-electron chi connectivity index (χ4n) is 4.66. The highest BCUT2D eigenvalue weighted by Crippen LogP contribution is 2.40. The van der Waals surface area contributed by atoms with Crippen molar-refractivity contribution in [1.82, 2.24) is 4.57 Å². The first-order valence-electron chi connectivity index (χ1n) is 12.8. The summed E-state index contributed by atoms with van der Waals surface area (Å²) < 4.78 is 24.8. The lowest BCUT2D eigenvalue weighted by Crippen LogP contribution is -2.40. The van der Waals surface area contributed by atoms with Gasteiger partial charge in [-0.1, -0.05) is 46.7 Å². The van der Waals surface area contributed by atoms with E-state index in [0.717, 1.165) is 5.56 Å². The Morgan fingerprint density at radius 3 is 2.63 bits per heavy atom. The largest absolute Gasteiger partial charge is 0.493 e. The summed E-state index contributed by atoms with van der Waals surface area (Å²) in [7, 11) is 1.54. The van der Waals surface area contributed by atoms with E-state index in [-0.39, 0.29) is 17.7 Å². The molecular weight excluding hydrogens is 587 g/mol. The van der Waals surface area contributed by atoms with Crippen LogP contribution in [0.25, 0.3) is 17.4 Å². The number of rotatable bonds is 8. The maximum atomic E-state index is 14.0. The number of fused-ring (bicyclic) bond motifs is 1. The number of hydrogen-bond acceptors (Lipinski definition) is 8. The van der Waals surface area contributed by atoms with Gasteiger partial charge in [-0.15, -0.1) is 0 Å². The molecule has 5 rings (SSSR count). The Morgan fingerprint density at radius 2 is 1.93 bits per heavy atom. The van der Waals surface area contributed by atoms with Crippen LogP contribution in [0.3, 0.4) is 0 Å². The van der Waals surface area contributed by atoms with Gasteiger partial charge in [0.25, 0.3) is 5.56 Å². The van der Waals surface area contributed by atoms with Gasteiger partial charge in [0.05, 0.1) is 46.2 Å². The monoisotopic (exact) mass is 612 g/mol. The number of furan rings is 1. The van der Waals surface area contributed by atoms with Gasteiger partial charge in [0.15, 0.2) is 16.3 Å². The summed E-state index contributed by atoms with van der Waals surface area (Å²) in [5.74, 6) is 1.39. The van der Waals surface area contributed by atoms with E-state index in [1.165, 1.54) is 23.0 Å². The average molecular weight is 614 g/mol. The number of para-hydroxylation sites is 1. The number of allylic oxidation sites excluding steroid dienone is 1. The molecule has 0 fully saturated rings. The topological polar surface area (TPSA) is 92.3 Å². The number of carbonyl (C=O) groups is 1. The van der Waals surface area contributed by atoms with Crippen LogP contribution in [0.5, 0.6) is 11.5 Å². The Balaban J connectivity index is 1.68. The van der Waals surface area contributed by atoms with Crippen LogP contribution in [0, 0.1) is 0 Å². The first-order valence-corrected chi connectivity index (χ1v) is 14.4. The molecule has 11 heteroatoms. The fraction of sp³-hybridized carbons (Fsp3) is 0.233. The molecular formula is C30H26Cl2N2O6S. The van der Waals surface area contributed by atoms with Crippen molar-refractivity contribution < 1.29 is 23.4 Å². The van der Waals surface area contributed by atoms with Gasteiger partial charge in [-0.2, -0.15) is 0 Å². The molecule has 0 spiro atoms. The van der Waals surface area contributed by atoms with E-state index in [1.54, 1.807) is 62.4 Å². The number of benzene rings is 2. The van der Waals surface area contributed by atoms with Gasteiger partial charge < -0.3 is 18.6 Å². The van der Waals surface area contributed by atoms with Gasteiger partial charge in [0, 0.05) is 17.2 Å². The zero-order valence-electron chi connectivity index (χ0n) is 22.7. The average Bonchev–Trinajstić information content (AvgIpc) is 3.54. The molecule has 4 aromatic rings. The van der Waals surface area contributed by atoms with Gasteiger partial charge in [-0.05, 0) is 57.2 Å². The van der Waals surface area contributed by atoms with Crippen molar-refractivity contribution in [2.75, 3.05) is 20.3 Å². The second kappa shape index (κ2) is 12.0. The molecule has 0 radical (unpaired) electrons. The van der Waals surface area contributed by atoms with Gasteiger partial charge >= 0.3 is 5.97 Å². The highest BCUT2D eigenvalue weighted by Gasteiger charge is 2.36. The zero-order chi connectivity index (χ0) is 29.3. The lowest BCUT2D eigenvalue weighted by atomic mass is 9.94. The Bertz CT molecular complexity index is 1850. The summed E-state index contributed by atoms with van der Waals surface area (Å²) in [6.45, 7) is 5.83. The van der Waals surface area contributed by atoms with Crippen LogP contribution in [0.4, 0.5) is 0 Å². The van der Waals surface area contributed by atoms with Crippen LogP contribution >= 0.6 is 34.5 Å². The maximum absolute atomic E-state index is 14.0. The van der Waals surface area contributed by atoms with Crippen molar-refractivity contribution >= 4 is 46.6 Å². The molecule has 0 aliphatic carbocycles. The van der Waals surface area contributed by atoms with Crippen LogP contribution in [-0.2, 0) is 9.53 Å². The number of halogens is 2. The van der Waals surface area contributed by atoms with Crippen molar-refractivity contribution in [2.45, 2.75) is 26.8 Å². The third-order valence-electron chi connectivity index (χ3n) is 6.43. The van der Waals surface area contributed by atoms with E-state index in [2.05, 4.69) is 4.99 Å². The second-order valence-electron chi connectivity index (χ2n) is 8.94. The number of nitrogens with zero attached hydrogens (tertiary/aromatic N) is 2. The first kappa shape index (κ1) is 28.7. The molecule has 0 bridgehead atoms. The van der Waals surface area contributed by atoms with Gasteiger partial charge in [0.2, 0.25) is 0 Å². The molecule has 212 valence electrons. The van der Waals surface area contributed by atoms with Crippen molar-refractivity contribution in [2.24, 2.45) is 4.99 Å². The Hall–Kier alpha value is -3.79. The summed E-state index contributed by atoms with van der Waals surface area (Å²) in [5.41, 5.74) is 1.69. The molecule has 2 aromatic heterocycles. The second-order valence-corrected chi connectivity index (χ2v) is 10.8. The number of ether oxygens (including phenoxy) is 3.